The predicted octanol–water partition coefficient (Wildman–Crippen LogP) is 5.35. The number of ether oxygens (including phenoxy) is 3. The fraction of sp³-hybridized carbons (Fsp3) is 0.174. The van der Waals surface area contributed by atoms with Crippen molar-refractivity contribution in [1.29, 1.82) is 0 Å². The van der Waals surface area contributed by atoms with Crippen LogP contribution in [0.2, 0.25) is 5.02 Å². The van der Waals surface area contributed by atoms with E-state index in [1.165, 1.54) is 0 Å². The quantitative estimate of drug-likeness (QED) is 0.569. The number of carbonyl (C=O) groups excluding carboxylic acids is 1. The van der Waals surface area contributed by atoms with Gasteiger partial charge in [-0.1, -0.05) is 48.0 Å². The van der Waals surface area contributed by atoms with Crippen molar-refractivity contribution in [3.63, 3.8) is 0 Å². The average molecular weight is 412 g/mol. The van der Waals surface area contributed by atoms with Crippen molar-refractivity contribution in [2.75, 3.05) is 26.1 Å². The van der Waals surface area contributed by atoms with Gasteiger partial charge in [0, 0.05) is 11.8 Å². The van der Waals surface area contributed by atoms with Crippen molar-refractivity contribution in [3.05, 3.63) is 71.2 Å². The summed E-state index contributed by atoms with van der Waals surface area (Å²) in [5.74, 6) is 1.28. The van der Waals surface area contributed by atoms with Gasteiger partial charge in [-0.3, -0.25) is 4.79 Å². The monoisotopic (exact) mass is 411 g/mol. The van der Waals surface area contributed by atoms with Crippen LogP contribution in [-0.2, 0) is 4.79 Å². The van der Waals surface area contributed by atoms with Gasteiger partial charge < -0.3 is 19.5 Å². The fourth-order valence-electron chi connectivity index (χ4n) is 2.87. The van der Waals surface area contributed by atoms with Crippen molar-refractivity contribution in [3.8, 4) is 28.4 Å². The molecule has 0 heterocycles. The van der Waals surface area contributed by atoms with E-state index in [4.69, 9.17) is 25.8 Å². The van der Waals surface area contributed by atoms with Crippen LogP contribution in [0.1, 0.15) is 5.56 Å². The number of nitrogens with one attached hydrogen (secondary N) is 1. The molecule has 0 aliphatic carbocycles. The van der Waals surface area contributed by atoms with Crippen LogP contribution < -0.4 is 19.5 Å². The molecule has 0 aliphatic rings. The molecule has 29 heavy (non-hydrogen) atoms. The van der Waals surface area contributed by atoms with Gasteiger partial charge in [-0.05, 0) is 41.8 Å². The average Bonchev–Trinajstić information content (AvgIpc) is 2.74. The Balaban J connectivity index is 1.65. The zero-order valence-electron chi connectivity index (χ0n) is 16.5. The van der Waals surface area contributed by atoms with Gasteiger partial charge in [-0.25, -0.2) is 0 Å². The first-order valence-electron chi connectivity index (χ1n) is 9.02. The maximum atomic E-state index is 12.3. The standard InChI is InChI=1S/C23H22ClNO4/c1-15-11-21(27-2)22(28-3)13-19(15)25-23(26)14-29-20-10-9-17(12-18(20)24)16-7-5-4-6-8-16/h4-13H,14H2,1-3H3,(H,25,26). The maximum absolute atomic E-state index is 12.3. The molecule has 1 N–H and O–H groups in total. The van der Waals surface area contributed by atoms with Crippen LogP contribution >= 0.6 is 11.6 Å². The second kappa shape index (κ2) is 9.34. The molecule has 0 atom stereocenters. The summed E-state index contributed by atoms with van der Waals surface area (Å²) in [6, 6.07) is 18.9. The minimum Gasteiger partial charge on any atom is -0.493 e. The molecule has 0 fully saturated rings. The Labute approximate surface area is 175 Å². The molecular formula is C23H22ClNO4. The van der Waals surface area contributed by atoms with Crippen LogP contribution in [0.4, 0.5) is 5.69 Å². The number of halogens is 1. The highest BCUT2D eigenvalue weighted by atomic mass is 35.5. The van der Waals surface area contributed by atoms with Gasteiger partial charge >= 0.3 is 0 Å². The Morgan fingerprint density at radius 3 is 2.24 bits per heavy atom. The van der Waals surface area contributed by atoms with Crippen LogP contribution in [0.5, 0.6) is 17.2 Å². The lowest BCUT2D eigenvalue weighted by Crippen LogP contribution is -2.20. The summed E-state index contributed by atoms with van der Waals surface area (Å²) in [6.45, 7) is 1.70. The van der Waals surface area contributed by atoms with Crippen LogP contribution in [0.3, 0.4) is 0 Å². The lowest BCUT2D eigenvalue weighted by atomic mass is 10.1. The van der Waals surface area contributed by atoms with E-state index in [1.807, 2.05) is 49.4 Å². The normalized spacial score (nSPS) is 10.3. The number of aryl methyl sites for hydroxylation is 1. The van der Waals surface area contributed by atoms with E-state index in [0.29, 0.717) is 28.0 Å². The van der Waals surface area contributed by atoms with Crippen molar-refractivity contribution in [2.45, 2.75) is 6.92 Å². The lowest BCUT2D eigenvalue weighted by Gasteiger charge is -2.14. The summed E-state index contributed by atoms with van der Waals surface area (Å²) >= 11 is 6.33. The summed E-state index contributed by atoms with van der Waals surface area (Å²) < 4.78 is 16.1. The molecular weight excluding hydrogens is 390 g/mol. The highest BCUT2D eigenvalue weighted by Crippen LogP contribution is 2.33. The Morgan fingerprint density at radius 2 is 1.59 bits per heavy atom. The highest BCUT2D eigenvalue weighted by Gasteiger charge is 2.12. The Morgan fingerprint density at radius 1 is 0.897 bits per heavy atom. The largest absolute Gasteiger partial charge is 0.493 e. The third-order valence-electron chi connectivity index (χ3n) is 4.40. The van der Waals surface area contributed by atoms with Crippen molar-refractivity contribution < 1.29 is 19.0 Å². The molecule has 0 aromatic heterocycles. The molecule has 0 unspecified atom stereocenters. The molecule has 0 aliphatic heterocycles. The SMILES string of the molecule is COc1cc(C)c(NC(=O)COc2ccc(-c3ccccc3)cc2Cl)cc1OC. The molecule has 0 spiro atoms. The zero-order chi connectivity index (χ0) is 20.8. The summed E-state index contributed by atoms with van der Waals surface area (Å²) in [5, 5.41) is 3.27. The molecule has 0 bridgehead atoms. The van der Waals surface area contributed by atoms with Gasteiger partial charge in [0.25, 0.3) is 5.91 Å². The minimum atomic E-state index is -0.302. The topological polar surface area (TPSA) is 56.8 Å². The zero-order valence-corrected chi connectivity index (χ0v) is 17.2. The number of benzene rings is 3. The predicted molar refractivity (Wildman–Crippen MR) is 115 cm³/mol. The van der Waals surface area contributed by atoms with Crippen LogP contribution in [0, 0.1) is 6.92 Å². The summed E-state index contributed by atoms with van der Waals surface area (Å²) in [5.41, 5.74) is 3.51. The van der Waals surface area contributed by atoms with Crippen molar-refractivity contribution >= 4 is 23.2 Å². The molecule has 1 amide bonds. The fourth-order valence-corrected chi connectivity index (χ4v) is 3.11. The Hall–Kier alpha value is -3.18. The second-order valence-electron chi connectivity index (χ2n) is 6.37. The smallest absolute Gasteiger partial charge is 0.262 e. The summed E-state index contributed by atoms with van der Waals surface area (Å²) in [4.78, 5) is 12.3. The molecule has 3 rings (SSSR count). The van der Waals surface area contributed by atoms with E-state index in [2.05, 4.69) is 5.32 Å². The maximum Gasteiger partial charge on any atom is 0.262 e. The first kappa shape index (κ1) is 20.6. The molecule has 150 valence electrons. The minimum absolute atomic E-state index is 0.168. The van der Waals surface area contributed by atoms with Crippen LogP contribution in [0.25, 0.3) is 11.1 Å². The molecule has 6 heteroatoms. The van der Waals surface area contributed by atoms with Crippen LogP contribution in [-0.4, -0.2) is 26.7 Å². The molecule has 0 saturated heterocycles. The second-order valence-corrected chi connectivity index (χ2v) is 6.78. The van der Waals surface area contributed by atoms with Gasteiger partial charge in [0.1, 0.15) is 5.75 Å². The van der Waals surface area contributed by atoms with Crippen molar-refractivity contribution in [1.82, 2.24) is 0 Å². The van der Waals surface area contributed by atoms with E-state index < -0.39 is 0 Å². The number of anilines is 1. The number of amides is 1. The molecule has 0 radical (unpaired) electrons. The number of rotatable bonds is 7. The summed E-state index contributed by atoms with van der Waals surface area (Å²) in [6.07, 6.45) is 0. The number of hydrogen-bond acceptors (Lipinski definition) is 4. The molecule has 3 aromatic carbocycles. The number of hydrogen-bond donors (Lipinski definition) is 1. The Bertz CT molecular complexity index is 1010. The first-order chi connectivity index (χ1) is 14.0. The molecule has 3 aromatic rings. The van der Waals surface area contributed by atoms with E-state index in [0.717, 1.165) is 16.7 Å². The van der Waals surface area contributed by atoms with Crippen LogP contribution in [0.15, 0.2) is 60.7 Å². The van der Waals surface area contributed by atoms with E-state index in [9.17, 15) is 4.79 Å². The van der Waals surface area contributed by atoms with Gasteiger partial charge in [-0.15, -0.1) is 0 Å². The van der Waals surface area contributed by atoms with Gasteiger partial charge in [-0.2, -0.15) is 0 Å². The number of carbonyl (C=O) groups is 1. The number of methoxy groups -OCH3 is 2. The van der Waals surface area contributed by atoms with E-state index >= 15 is 0 Å². The van der Waals surface area contributed by atoms with Gasteiger partial charge in [0.2, 0.25) is 0 Å². The van der Waals surface area contributed by atoms with E-state index in [1.54, 1.807) is 32.4 Å². The molecule has 5 nitrogen and oxygen atoms in total. The summed E-state index contributed by atoms with van der Waals surface area (Å²) in [7, 11) is 3.11. The van der Waals surface area contributed by atoms with Gasteiger partial charge in [0.15, 0.2) is 18.1 Å². The van der Waals surface area contributed by atoms with Gasteiger partial charge in [0.05, 0.1) is 19.2 Å². The highest BCUT2D eigenvalue weighted by molar-refractivity contribution is 6.32. The van der Waals surface area contributed by atoms with E-state index in [-0.39, 0.29) is 12.5 Å². The molecule has 0 saturated carbocycles. The Kier molecular flexibility index (Phi) is 6.62. The third-order valence-corrected chi connectivity index (χ3v) is 4.70. The lowest BCUT2D eigenvalue weighted by molar-refractivity contribution is -0.118. The first-order valence-corrected chi connectivity index (χ1v) is 9.40. The van der Waals surface area contributed by atoms with Crippen molar-refractivity contribution in [2.24, 2.45) is 0 Å². The third kappa shape index (κ3) is 5.00.